The molecule has 0 radical (unpaired) electrons. The van der Waals surface area contributed by atoms with Gasteiger partial charge in [-0.2, -0.15) is 15.4 Å². The molecule has 5 rings (SSSR count). The predicted molar refractivity (Wildman–Crippen MR) is 89.7 cm³/mol. The molecular formula is C20H15N3. The van der Waals surface area contributed by atoms with Gasteiger partial charge in [-0.1, -0.05) is 54.6 Å². The second-order valence-electron chi connectivity index (χ2n) is 5.99. The van der Waals surface area contributed by atoms with Gasteiger partial charge in [-0.15, -0.1) is 0 Å². The monoisotopic (exact) mass is 297 g/mol. The summed E-state index contributed by atoms with van der Waals surface area (Å²) in [7, 11) is 0. The number of aromatic nitrogens is 3. The van der Waals surface area contributed by atoms with Gasteiger partial charge in [0.25, 0.3) is 0 Å². The summed E-state index contributed by atoms with van der Waals surface area (Å²) in [6.07, 6.45) is 10.5. The number of nitrogens with one attached hydrogen (secondary N) is 1. The van der Waals surface area contributed by atoms with Crippen LogP contribution in [0, 0.1) is 10.4 Å². The molecule has 23 heavy (non-hydrogen) atoms. The molecule has 0 spiro atoms. The number of benzene rings is 2. The normalized spacial score (nSPS) is 14.7. The molecule has 1 heterocycles. The third kappa shape index (κ3) is 1.83. The van der Waals surface area contributed by atoms with Gasteiger partial charge in [-0.05, 0) is 44.8 Å². The molecule has 0 atom stereocenters. The SMILES string of the molecule is C1=CC(c2cn[nH]n2)=c2ccc3c(c2C1)CC=c1ccccc1=3. The van der Waals surface area contributed by atoms with E-state index < -0.39 is 0 Å². The van der Waals surface area contributed by atoms with Crippen molar-refractivity contribution < 1.29 is 0 Å². The van der Waals surface area contributed by atoms with Gasteiger partial charge in [0.2, 0.25) is 0 Å². The zero-order chi connectivity index (χ0) is 15.2. The Morgan fingerprint density at radius 1 is 0.870 bits per heavy atom. The molecule has 2 aliphatic carbocycles. The van der Waals surface area contributed by atoms with Gasteiger partial charge >= 0.3 is 0 Å². The smallest absolute Gasteiger partial charge is 0.113 e. The second kappa shape index (κ2) is 4.78. The maximum absolute atomic E-state index is 4.25. The molecule has 3 aromatic rings. The van der Waals surface area contributed by atoms with Crippen molar-refractivity contribution in [3.05, 3.63) is 92.4 Å². The Morgan fingerprint density at radius 3 is 2.65 bits per heavy atom. The van der Waals surface area contributed by atoms with E-state index in [1.165, 1.54) is 32.0 Å². The number of hydrogen-bond acceptors (Lipinski definition) is 2. The van der Waals surface area contributed by atoms with E-state index in [1.807, 2.05) is 0 Å². The molecular weight excluding hydrogens is 282 g/mol. The standard InChI is InChI=1S/C20H15N3/c1-2-5-14-13(4-1)8-9-17-15-6-3-7-19(20-12-21-23-22-20)18(15)11-10-16(14)17/h1-5,7-8,10-12H,6,9H2,(H,21,22,23). The summed E-state index contributed by atoms with van der Waals surface area (Å²) in [5.74, 6) is 0. The maximum atomic E-state index is 4.25. The third-order valence-corrected chi connectivity index (χ3v) is 4.80. The minimum atomic E-state index is 0.905. The van der Waals surface area contributed by atoms with Gasteiger partial charge < -0.3 is 0 Å². The van der Waals surface area contributed by atoms with Crippen molar-refractivity contribution in [3.8, 4) is 0 Å². The first-order chi connectivity index (χ1) is 11.4. The van der Waals surface area contributed by atoms with E-state index in [1.54, 1.807) is 6.20 Å². The number of aromatic amines is 1. The van der Waals surface area contributed by atoms with E-state index in [4.69, 9.17) is 0 Å². The van der Waals surface area contributed by atoms with E-state index in [0.717, 1.165) is 24.1 Å². The van der Waals surface area contributed by atoms with Gasteiger partial charge in [0.1, 0.15) is 5.69 Å². The first-order valence-corrected chi connectivity index (χ1v) is 7.89. The predicted octanol–water partition coefficient (Wildman–Crippen LogP) is 1.74. The summed E-state index contributed by atoms with van der Waals surface area (Å²) in [5, 5.41) is 16.3. The number of rotatable bonds is 1. The molecule has 0 fully saturated rings. The molecule has 0 amide bonds. The van der Waals surface area contributed by atoms with Crippen molar-refractivity contribution in [1.82, 2.24) is 15.4 Å². The Labute approximate surface area is 133 Å². The third-order valence-electron chi connectivity index (χ3n) is 4.80. The first kappa shape index (κ1) is 12.6. The van der Waals surface area contributed by atoms with E-state index in [2.05, 4.69) is 70.0 Å². The fourth-order valence-electron chi connectivity index (χ4n) is 3.74. The molecule has 110 valence electrons. The highest BCUT2D eigenvalue weighted by atomic mass is 15.3. The lowest BCUT2D eigenvalue weighted by Gasteiger charge is -2.16. The lowest BCUT2D eigenvalue weighted by atomic mass is 9.88. The average Bonchev–Trinajstić information content (AvgIpc) is 3.15. The van der Waals surface area contributed by atoms with Crippen LogP contribution in [-0.2, 0) is 12.8 Å². The zero-order valence-electron chi connectivity index (χ0n) is 12.6. The quantitative estimate of drug-likeness (QED) is 0.743. The zero-order valence-corrected chi connectivity index (χ0v) is 12.6. The Bertz CT molecular complexity index is 1150. The Kier molecular flexibility index (Phi) is 2.62. The second-order valence-corrected chi connectivity index (χ2v) is 5.99. The van der Waals surface area contributed by atoms with Crippen LogP contribution in [0.25, 0.3) is 11.6 Å². The van der Waals surface area contributed by atoms with Crippen LogP contribution in [0.1, 0.15) is 16.8 Å². The highest BCUT2D eigenvalue weighted by Crippen LogP contribution is 2.19. The van der Waals surface area contributed by atoms with E-state index in [-0.39, 0.29) is 0 Å². The fraction of sp³-hybridized carbons (Fsp3) is 0.100. The number of fused-ring (bicyclic) bond motifs is 4. The number of nitrogens with zero attached hydrogens (tertiary/aromatic N) is 2. The Morgan fingerprint density at radius 2 is 1.74 bits per heavy atom. The van der Waals surface area contributed by atoms with Crippen molar-refractivity contribution in [2.45, 2.75) is 12.8 Å². The van der Waals surface area contributed by atoms with Crippen LogP contribution < -0.4 is 10.4 Å². The molecule has 2 aromatic carbocycles. The molecule has 2 aliphatic rings. The molecule has 0 saturated carbocycles. The van der Waals surface area contributed by atoms with Crippen molar-refractivity contribution in [2.75, 3.05) is 0 Å². The summed E-state index contributed by atoms with van der Waals surface area (Å²) in [6.45, 7) is 0. The summed E-state index contributed by atoms with van der Waals surface area (Å²) in [6, 6.07) is 13.1. The van der Waals surface area contributed by atoms with Crippen LogP contribution in [0.2, 0.25) is 0 Å². The molecule has 0 bridgehead atoms. The van der Waals surface area contributed by atoms with Crippen molar-refractivity contribution in [1.29, 1.82) is 0 Å². The lowest BCUT2D eigenvalue weighted by molar-refractivity contribution is 0.935. The summed E-state index contributed by atoms with van der Waals surface area (Å²) < 4.78 is 0. The topological polar surface area (TPSA) is 41.6 Å². The van der Waals surface area contributed by atoms with Gasteiger partial charge in [0.15, 0.2) is 0 Å². The number of H-pyrrole nitrogens is 1. The Balaban J connectivity index is 1.94. The van der Waals surface area contributed by atoms with Crippen LogP contribution >= 0.6 is 0 Å². The first-order valence-electron chi connectivity index (χ1n) is 7.89. The van der Waals surface area contributed by atoms with Crippen molar-refractivity contribution >= 4 is 11.6 Å². The highest BCUT2D eigenvalue weighted by Gasteiger charge is 2.14. The van der Waals surface area contributed by atoms with E-state index in [0.29, 0.717) is 0 Å². The molecule has 3 nitrogen and oxygen atoms in total. The summed E-state index contributed by atoms with van der Waals surface area (Å²) >= 11 is 0. The van der Waals surface area contributed by atoms with Gasteiger partial charge in [0, 0.05) is 5.57 Å². The van der Waals surface area contributed by atoms with Crippen LogP contribution in [0.4, 0.5) is 0 Å². The summed E-state index contributed by atoms with van der Waals surface area (Å²) in [4.78, 5) is 0. The van der Waals surface area contributed by atoms with Crippen molar-refractivity contribution in [3.63, 3.8) is 0 Å². The number of allylic oxidation sites excluding steroid dienone is 2. The minimum absolute atomic E-state index is 0.905. The van der Waals surface area contributed by atoms with Crippen LogP contribution in [-0.4, -0.2) is 15.4 Å². The van der Waals surface area contributed by atoms with Crippen LogP contribution in [0.15, 0.2) is 54.7 Å². The van der Waals surface area contributed by atoms with Crippen LogP contribution in [0.3, 0.4) is 0 Å². The average molecular weight is 297 g/mol. The van der Waals surface area contributed by atoms with Gasteiger partial charge in [-0.3, -0.25) is 0 Å². The van der Waals surface area contributed by atoms with Gasteiger partial charge in [0.05, 0.1) is 6.20 Å². The largest absolute Gasteiger partial charge is 0.197 e. The van der Waals surface area contributed by atoms with E-state index in [9.17, 15) is 0 Å². The molecule has 1 N–H and O–H groups in total. The highest BCUT2D eigenvalue weighted by molar-refractivity contribution is 5.73. The minimum Gasteiger partial charge on any atom is -0.197 e. The van der Waals surface area contributed by atoms with E-state index >= 15 is 0 Å². The van der Waals surface area contributed by atoms with Crippen LogP contribution in [0.5, 0.6) is 0 Å². The lowest BCUT2D eigenvalue weighted by Crippen LogP contribution is -2.21. The molecule has 0 aliphatic heterocycles. The Hall–Kier alpha value is -2.94. The molecule has 0 saturated heterocycles. The van der Waals surface area contributed by atoms with Gasteiger partial charge in [-0.25, -0.2) is 0 Å². The maximum Gasteiger partial charge on any atom is 0.113 e. The molecule has 3 heteroatoms. The molecule has 0 unspecified atom stereocenters. The molecule has 1 aromatic heterocycles. The number of hydrogen-bond donors (Lipinski definition) is 1. The van der Waals surface area contributed by atoms with Crippen molar-refractivity contribution in [2.24, 2.45) is 0 Å². The fourth-order valence-corrected chi connectivity index (χ4v) is 3.74. The summed E-state index contributed by atoms with van der Waals surface area (Å²) in [5.41, 5.74) is 4.93.